The first kappa shape index (κ1) is 13.2. The van der Waals surface area contributed by atoms with Crippen LogP contribution in [0.5, 0.6) is 0 Å². The van der Waals surface area contributed by atoms with Crippen LogP contribution in [-0.4, -0.2) is 36.6 Å². The van der Waals surface area contributed by atoms with Crippen molar-refractivity contribution in [2.24, 2.45) is 0 Å². The van der Waals surface area contributed by atoms with Crippen molar-refractivity contribution in [3.05, 3.63) is 36.2 Å². The van der Waals surface area contributed by atoms with Crippen molar-refractivity contribution in [1.82, 2.24) is 19.9 Å². The topological polar surface area (TPSA) is 117 Å². The smallest absolute Gasteiger partial charge is 0.258 e. The molecule has 0 bridgehead atoms. The van der Waals surface area contributed by atoms with Crippen molar-refractivity contribution in [2.45, 2.75) is 4.90 Å². The number of anilines is 1. The van der Waals surface area contributed by atoms with Crippen molar-refractivity contribution >= 4 is 21.9 Å². The van der Waals surface area contributed by atoms with Crippen LogP contribution in [0.3, 0.4) is 0 Å². The molecule has 0 aliphatic heterocycles. The number of sulfonamides is 1. The van der Waals surface area contributed by atoms with E-state index in [0.29, 0.717) is 0 Å². The molecule has 1 aromatic carbocycles. The summed E-state index contributed by atoms with van der Waals surface area (Å²) in [5.41, 5.74) is 0.202. The van der Waals surface area contributed by atoms with Crippen LogP contribution >= 0.6 is 0 Å². The number of rotatable bonds is 4. The van der Waals surface area contributed by atoms with Gasteiger partial charge in [-0.15, -0.1) is 0 Å². The first-order valence-electron chi connectivity index (χ1n) is 5.23. The van der Waals surface area contributed by atoms with E-state index in [9.17, 15) is 13.2 Å². The van der Waals surface area contributed by atoms with Crippen molar-refractivity contribution in [3.8, 4) is 0 Å². The number of aromatic nitrogens is 3. The Labute approximate surface area is 109 Å². The molecule has 100 valence electrons. The van der Waals surface area contributed by atoms with Gasteiger partial charge in [0.1, 0.15) is 6.33 Å². The van der Waals surface area contributed by atoms with Gasteiger partial charge in [-0.3, -0.25) is 10.1 Å². The summed E-state index contributed by atoms with van der Waals surface area (Å²) in [6, 6.07) is 5.66. The Morgan fingerprint density at radius 3 is 2.79 bits per heavy atom. The molecule has 19 heavy (non-hydrogen) atoms. The molecule has 0 unspecified atom stereocenters. The lowest BCUT2D eigenvalue weighted by molar-refractivity contribution is 0.102. The lowest BCUT2D eigenvalue weighted by Gasteiger charge is -2.05. The normalized spacial score (nSPS) is 11.2. The third kappa shape index (κ3) is 2.95. The van der Waals surface area contributed by atoms with Crippen molar-refractivity contribution in [1.29, 1.82) is 0 Å². The zero-order chi connectivity index (χ0) is 13.9. The Hall–Kier alpha value is -2.26. The predicted octanol–water partition coefficient (Wildman–Crippen LogP) is -0.0349. The van der Waals surface area contributed by atoms with Gasteiger partial charge in [-0.05, 0) is 25.2 Å². The molecule has 0 fully saturated rings. The molecule has 0 atom stereocenters. The number of benzene rings is 1. The Morgan fingerprint density at radius 2 is 2.16 bits per heavy atom. The maximum Gasteiger partial charge on any atom is 0.258 e. The van der Waals surface area contributed by atoms with E-state index in [1.54, 1.807) is 0 Å². The minimum Gasteiger partial charge on any atom is -0.291 e. The highest BCUT2D eigenvalue weighted by Gasteiger charge is 2.14. The van der Waals surface area contributed by atoms with E-state index in [1.807, 2.05) is 0 Å². The van der Waals surface area contributed by atoms with Gasteiger partial charge in [0.2, 0.25) is 16.0 Å². The van der Waals surface area contributed by atoms with Crippen LogP contribution in [0.1, 0.15) is 10.4 Å². The van der Waals surface area contributed by atoms with E-state index in [2.05, 4.69) is 25.2 Å². The van der Waals surface area contributed by atoms with Crippen molar-refractivity contribution in [2.75, 3.05) is 12.4 Å². The number of nitrogens with one attached hydrogen (secondary N) is 3. The van der Waals surface area contributed by atoms with Crippen LogP contribution in [0.4, 0.5) is 5.95 Å². The fraction of sp³-hybridized carbons (Fsp3) is 0.100. The third-order valence-electron chi connectivity index (χ3n) is 2.32. The van der Waals surface area contributed by atoms with Gasteiger partial charge in [-0.1, -0.05) is 6.07 Å². The summed E-state index contributed by atoms with van der Waals surface area (Å²) >= 11 is 0. The molecule has 1 aromatic heterocycles. The number of H-pyrrole nitrogens is 1. The summed E-state index contributed by atoms with van der Waals surface area (Å²) < 4.78 is 25.4. The number of amides is 1. The van der Waals surface area contributed by atoms with Gasteiger partial charge in [-0.25, -0.2) is 18.2 Å². The Balaban J connectivity index is 2.26. The fourth-order valence-electron chi connectivity index (χ4n) is 1.37. The van der Waals surface area contributed by atoms with Crippen molar-refractivity contribution in [3.63, 3.8) is 0 Å². The highest BCUT2D eigenvalue weighted by Crippen LogP contribution is 2.12. The van der Waals surface area contributed by atoms with E-state index in [4.69, 9.17) is 0 Å². The minimum atomic E-state index is -3.58. The van der Waals surface area contributed by atoms with Gasteiger partial charge in [0, 0.05) is 5.56 Å². The first-order valence-corrected chi connectivity index (χ1v) is 6.71. The predicted molar refractivity (Wildman–Crippen MR) is 67.0 cm³/mol. The van der Waals surface area contributed by atoms with E-state index >= 15 is 0 Å². The summed E-state index contributed by atoms with van der Waals surface area (Å²) in [5.74, 6) is -0.295. The second-order valence-electron chi connectivity index (χ2n) is 3.52. The van der Waals surface area contributed by atoms with Gasteiger partial charge in [0.05, 0.1) is 4.90 Å². The van der Waals surface area contributed by atoms with Gasteiger partial charge < -0.3 is 0 Å². The number of nitrogens with zero attached hydrogens (tertiary/aromatic N) is 2. The minimum absolute atomic E-state index is 0.0141. The number of carbonyl (C=O) groups is 1. The van der Waals surface area contributed by atoms with E-state index in [-0.39, 0.29) is 16.4 Å². The van der Waals surface area contributed by atoms with Gasteiger partial charge in [-0.2, -0.15) is 10.1 Å². The van der Waals surface area contributed by atoms with E-state index in [0.717, 1.165) is 0 Å². The Morgan fingerprint density at radius 1 is 1.37 bits per heavy atom. The van der Waals surface area contributed by atoms with Crippen LogP contribution in [0.15, 0.2) is 35.5 Å². The lowest BCUT2D eigenvalue weighted by Crippen LogP contribution is -2.19. The molecule has 0 spiro atoms. The lowest BCUT2D eigenvalue weighted by atomic mass is 10.2. The zero-order valence-electron chi connectivity index (χ0n) is 9.91. The van der Waals surface area contributed by atoms with Crippen LogP contribution in [-0.2, 0) is 10.0 Å². The third-order valence-corrected chi connectivity index (χ3v) is 3.73. The SMILES string of the molecule is CNS(=O)(=O)c1cccc(C(=O)Nc2ncn[nH]2)c1. The summed E-state index contributed by atoms with van der Waals surface area (Å²) in [6.07, 6.45) is 1.25. The largest absolute Gasteiger partial charge is 0.291 e. The summed E-state index contributed by atoms with van der Waals surface area (Å²) in [5, 5.41) is 8.50. The summed E-state index contributed by atoms with van der Waals surface area (Å²) in [7, 11) is -2.28. The zero-order valence-corrected chi connectivity index (χ0v) is 10.7. The maximum atomic E-state index is 11.9. The molecule has 2 aromatic rings. The Kier molecular flexibility index (Phi) is 3.58. The number of hydrogen-bond donors (Lipinski definition) is 3. The summed E-state index contributed by atoms with van der Waals surface area (Å²) in [6.45, 7) is 0. The number of carbonyl (C=O) groups excluding carboxylic acids is 1. The second kappa shape index (κ2) is 5.16. The summed E-state index contributed by atoms with van der Waals surface area (Å²) in [4.78, 5) is 15.6. The molecule has 1 heterocycles. The van der Waals surface area contributed by atoms with Gasteiger partial charge in [0.15, 0.2) is 0 Å². The average Bonchev–Trinajstić information content (AvgIpc) is 2.91. The molecule has 0 aliphatic rings. The molecular weight excluding hydrogens is 270 g/mol. The maximum absolute atomic E-state index is 11.9. The molecule has 0 aliphatic carbocycles. The van der Waals surface area contributed by atoms with Crippen LogP contribution in [0.25, 0.3) is 0 Å². The molecule has 0 radical (unpaired) electrons. The molecule has 0 saturated carbocycles. The quantitative estimate of drug-likeness (QED) is 0.727. The molecule has 0 saturated heterocycles. The fourth-order valence-corrected chi connectivity index (χ4v) is 2.14. The number of hydrogen-bond acceptors (Lipinski definition) is 5. The molecule has 1 amide bonds. The molecule has 9 heteroatoms. The molecular formula is C10H11N5O3S. The van der Waals surface area contributed by atoms with Gasteiger partial charge in [0.25, 0.3) is 5.91 Å². The van der Waals surface area contributed by atoms with Crippen LogP contribution in [0.2, 0.25) is 0 Å². The average molecular weight is 281 g/mol. The molecule has 3 N–H and O–H groups in total. The van der Waals surface area contributed by atoms with Gasteiger partial charge >= 0.3 is 0 Å². The van der Waals surface area contributed by atoms with Crippen LogP contribution in [0, 0.1) is 0 Å². The van der Waals surface area contributed by atoms with Crippen molar-refractivity contribution < 1.29 is 13.2 Å². The second-order valence-corrected chi connectivity index (χ2v) is 5.41. The standard InChI is InChI=1S/C10H11N5O3S/c1-11-19(17,18)8-4-2-3-7(5-8)9(16)14-10-12-6-13-15-10/h2-6,11H,1H3,(H2,12,13,14,15,16). The highest BCUT2D eigenvalue weighted by molar-refractivity contribution is 7.89. The van der Waals surface area contributed by atoms with E-state index < -0.39 is 15.9 Å². The van der Waals surface area contributed by atoms with E-state index in [1.165, 1.54) is 37.6 Å². The molecule has 2 rings (SSSR count). The monoisotopic (exact) mass is 281 g/mol. The molecule has 8 nitrogen and oxygen atoms in total. The Bertz CT molecular complexity index is 681. The highest BCUT2D eigenvalue weighted by atomic mass is 32.2. The van der Waals surface area contributed by atoms with Crippen LogP contribution < -0.4 is 10.0 Å². The first-order chi connectivity index (χ1) is 9.03. The number of aromatic amines is 1.